The molecule has 4 rings (SSSR count). The third-order valence-electron chi connectivity index (χ3n) is 5.82. The minimum atomic E-state index is 0.239. The molecule has 1 amide bonds. The summed E-state index contributed by atoms with van der Waals surface area (Å²) in [6.45, 7) is 6.03. The van der Waals surface area contributed by atoms with Crippen LogP contribution in [0.15, 0.2) is 24.3 Å². The molecule has 1 saturated carbocycles. The first-order valence-corrected chi connectivity index (χ1v) is 9.15. The van der Waals surface area contributed by atoms with E-state index in [9.17, 15) is 9.90 Å². The van der Waals surface area contributed by atoms with Crippen molar-refractivity contribution in [2.75, 3.05) is 57.3 Å². The van der Waals surface area contributed by atoms with E-state index in [1.54, 1.807) is 0 Å². The molecule has 3 atom stereocenters. The fourth-order valence-corrected chi connectivity index (χ4v) is 4.50. The number of rotatable bonds is 4. The van der Waals surface area contributed by atoms with Crippen molar-refractivity contribution in [1.29, 1.82) is 0 Å². The number of halogens is 1. The molecule has 2 saturated heterocycles. The normalized spacial score (nSPS) is 29.7. The summed E-state index contributed by atoms with van der Waals surface area (Å²) in [6, 6.07) is 7.89. The highest BCUT2D eigenvalue weighted by atomic mass is 35.5. The van der Waals surface area contributed by atoms with Crippen LogP contribution < -0.4 is 4.90 Å². The Labute approximate surface area is 147 Å². The van der Waals surface area contributed by atoms with Gasteiger partial charge in [0.2, 0.25) is 5.91 Å². The van der Waals surface area contributed by atoms with Crippen LogP contribution in [0.3, 0.4) is 0 Å². The monoisotopic (exact) mass is 349 g/mol. The van der Waals surface area contributed by atoms with Gasteiger partial charge < -0.3 is 14.9 Å². The van der Waals surface area contributed by atoms with Gasteiger partial charge in [0.15, 0.2) is 0 Å². The summed E-state index contributed by atoms with van der Waals surface area (Å²) in [5, 5.41) is 9.96. The summed E-state index contributed by atoms with van der Waals surface area (Å²) in [5.74, 6) is 1.99. The van der Waals surface area contributed by atoms with Crippen molar-refractivity contribution in [2.45, 2.75) is 0 Å². The Balaban J connectivity index is 1.25. The van der Waals surface area contributed by atoms with Crippen LogP contribution in [0.1, 0.15) is 0 Å². The minimum absolute atomic E-state index is 0.239. The van der Waals surface area contributed by atoms with E-state index in [-0.39, 0.29) is 5.91 Å². The third kappa shape index (κ3) is 3.13. The lowest BCUT2D eigenvalue weighted by Crippen LogP contribution is -2.51. The first-order valence-electron chi connectivity index (χ1n) is 8.77. The maximum absolute atomic E-state index is 12.5. The predicted octanol–water partition coefficient (Wildman–Crippen LogP) is 1.16. The number of anilines is 1. The van der Waals surface area contributed by atoms with Crippen LogP contribution in [0.25, 0.3) is 0 Å². The summed E-state index contributed by atoms with van der Waals surface area (Å²) in [4.78, 5) is 19.0. The fourth-order valence-electron chi connectivity index (χ4n) is 4.31. The van der Waals surface area contributed by atoms with Gasteiger partial charge in [-0.25, -0.2) is 0 Å². The number of hydrogen-bond donors (Lipinski definition) is 1. The molecule has 3 fully saturated rings. The molecule has 6 heteroatoms. The Hall–Kier alpha value is -1.30. The van der Waals surface area contributed by atoms with E-state index in [4.69, 9.17) is 11.6 Å². The molecule has 0 bridgehead atoms. The van der Waals surface area contributed by atoms with E-state index in [0.717, 1.165) is 50.0 Å². The smallest absolute Gasteiger partial charge is 0.236 e. The average molecular weight is 350 g/mol. The van der Waals surface area contributed by atoms with E-state index in [2.05, 4.69) is 15.9 Å². The Morgan fingerprint density at radius 2 is 1.88 bits per heavy atom. The van der Waals surface area contributed by atoms with Crippen molar-refractivity contribution in [1.82, 2.24) is 9.80 Å². The number of aliphatic hydroxyl groups is 1. The summed E-state index contributed by atoms with van der Waals surface area (Å²) in [7, 11) is 0. The topological polar surface area (TPSA) is 47.0 Å². The number of fused-ring (bicyclic) bond motifs is 1. The van der Waals surface area contributed by atoms with Crippen molar-refractivity contribution < 1.29 is 9.90 Å². The predicted molar refractivity (Wildman–Crippen MR) is 94.2 cm³/mol. The number of nitrogens with zero attached hydrogens (tertiary/aromatic N) is 3. The second-order valence-corrected chi connectivity index (χ2v) is 7.65. The molecule has 3 aliphatic rings. The van der Waals surface area contributed by atoms with Crippen LogP contribution >= 0.6 is 11.6 Å². The number of benzene rings is 1. The molecule has 0 spiro atoms. The van der Waals surface area contributed by atoms with Gasteiger partial charge in [-0.05, 0) is 36.0 Å². The number of carbonyl (C=O) groups is 1. The Bertz CT molecular complexity index is 606. The molecule has 1 unspecified atom stereocenters. The van der Waals surface area contributed by atoms with Crippen LogP contribution in [0.4, 0.5) is 5.69 Å². The van der Waals surface area contributed by atoms with Crippen molar-refractivity contribution in [3.63, 3.8) is 0 Å². The van der Waals surface area contributed by atoms with E-state index >= 15 is 0 Å². The van der Waals surface area contributed by atoms with Crippen LogP contribution in [-0.4, -0.2) is 73.2 Å². The minimum Gasteiger partial charge on any atom is -0.396 e. The molecule has 1 N–H and O–H groups in total. The highest BCUT2D eigenvalue weighted by Crippen LogP contribution is 2.51. The average Bonchev–Trinajstić information content (AvgIpc) is 3.08. The number of piperidine rings is 1. The molecule has 0 radical (unpaired) electrons. The van der Waals surface area contributed by atoms with Gasteiger partial charge in [-0.2, -0.15) is 0 Å². The van der Waals surface area contributed by atoms with Gasteiger partial charge >= 0.3 is 0 Å². The van der Waals surface area contributed by atoms with Crippen molar-refractivity contribution in [3.05, 3.63) is 29.3 Å². The molecule has 2 heterocycles. The van der Waals surface area contributed by atoms with Crippen molar-refractivity contribution >= 4 is 23.2 Å². The van der Waals surface area contributed by atoms with E-state index < -0.39 is 0 Å². The Kier molecular flexibility index (Phi) is 4.41. The second-order valence-electron chi connectivity index (χ2n) is 7.22. The van der Waals surface area contributed by atoms with Crippen LogP contribution in [-0.2, 0) is 4.79 Å². The Morgan fingerprint density at radius 3 is 2.50 bits per heavy atom. The molecule has 5 nitrogen and oxygen atoms in total. The van der Waals surface area contributed by atoms with Gasteiger partial charge in [-0.3, -0.25) is 9.69 Å². The number of amides is 1. The molecule has 1 aromatic rings. The van der Waals surface area contributed by atoms with Gasteiger partial charge in [-0.1, -0.05) is 17.7 Å². The molecule has 130 valence electrons. The maximum Gasteiger partial charge on any atom is 0.236 e. The zero-order chi connectivity index (χ0) is 16.7. The summed E-state index contributed by atoms with van der Waals surface area (Å²) in [6.07, 6.45) is 0. The lowest BCUT2D eigenvalue weighted by atomic mass is 10.2. The number of hydrogen-bond acceptors (Lipinski definition) is 4. The number of likely N-dealkylation sites (tertiary alicyclic amines) is 1. The van der Waals surface area contributed by atoms with Crippen molar-refractivity contribution in [2.24, 2.45) is 17.8 Å². The molecule has 2 aliphatic heterocycles. The van der Waals surface area contributed by atoms with Gasteiger partial charge in [0.1, 0.15) is 0 Å². The van der Waals surface area contributed by atoms with Gasteiger partial charge in [0.25, 0.3) is 0 Å². The first-order chi connectivity index (χ1) is 11.7. The summed E-state index contributed by atoms with van der Waals surface area (Å²) >= 11 is 6.06. The quantitative estimate of drug-likeness (QED) is 0.886. The van der Waals surface area contributed by atoms with Crippen LogP contribution in [0.2, 0.25) is 5.02 Å². The van der Waals surface area contributed by atoms with Gasteiger partial charge in [-0.15, -0.1) is 0 Å². The Morgan fingerprint density at radius 1 is 1.17 bits per heavy atom. The number of carbonyl (C=O) groups excluding carboxylic acids is 1. The fraction of sp³-hybridized carbons (Fsp3) is 0.611. The summed E-state index contributed by atoms with van der Waals surface area (Å²) < 4.78 is 0. The first kappa shape index (κ1) is 16.2. The molecular weight excluding hydrogens is 326 g/mol. The largest absolute Gasteiger partial charge is 0.396 e. The standard InChI is InChI=1S/C18H24ClN3O2/c19-13-2-1-3-14(8-13)21-4-6-22(7-5-21)18(24)11-20-9-15-16(10-20)17(15)12-23/h1-3,8,15-17,23H,4-7,9-12H2/t15-,16+,17?. The molecule has 0 aromatic heterocycles. The van der Waals surface area contributed by atoms with E-state index in [1.807, 2.05) is 23.1 Å². The third-order valence-corrected chi connectivity index (χ3v) is 6.06. The zero-order valence-electron chi connectivity index (χ0n) is 13.8. The second kappa shape index (κ2) is 6.54. The highest BCUT2D eigenvalue weighted by Gasteiger charge is 2.55. The maximum atomic E-state index is 12.5. The molecular formula is C18H24ClN3O2. The van der Waals surface area contributed by atoms with Crippen LogP contribution in [0, 0.1) is 17.8 Å². The SMILES string of the molecule is O=C(CN1C[C@@H]2C(CO)[C@@H]2C1)N1CCN(c2cccc(Cl)c2)CC1. The van der Waals surface area contributed by atoms with Crippen molar-refractivity contribution in [3.8, 4) is 0 Å². The zero-order valence-corrected chi connectivity index (χ0v) is 14.5. The highest BCUT2D eigenvalue weighted by molar-refractivity contribution is 6.30. The number of piperazine rings is 1. The van der Waals surface area contributed by atoms with Gasteiger partial charge in [0, 0.05) is 56.6 Å². The van der Waals surface area contributed by atoms with Gasteiger partial charge in [0.05, 0.1) is 6.54 Å². The lowest BCUT2D eigenvalue weighted by molar-refractivity contribution is -0.132. The molecule has 1 aliphatic carbocycles. The van der Waals surface area contributed by atoms with Crippen LogP contribution in [0.5, 0.6) is 0 Å². The molecule has 1 aromatic carbocycles. The van der Waals surface area contributed by atoms with E-state index in [1.165, 1.54) is 0 Å². The number of aliphatic hydroxyl groups excluding tert-OH is 1. The molecule has 24 heavy (non-hydrogen) atoms. The lowest BCUT2D eigenvalue weighted by Gasteiger charge is -2.37. The van der Waals surface area contributed by atoms with E-state index in [0.29, 0.717) is 30.9 Å². The summed E-state index contributed by atoms with van der Waals surface area (Å²) in [5.41, 5.74) is 1.13.